The average Bonchev–Trinajstić information content (AvgIpc) is 3.44. The Hall–Kier alpha value is -2.09. The van der Waals surface area contributed by atoms with Crippen molar-refractivity contribution in [2.75, 3.05) is 13.1 Å². The molecule has 2 aliphatic rings. The molecule has 0 bridgehead atoms. The fourth-order valence-corrected chi connectivity index (χ4v) is 6.27. The van der Waals surface area contributed by atoms with E-state index < -0.39 is 0 Å². The molecule has 0 radical (unpaired) electrons. The van der Waals surface area contributed by atoms with Gasteiger partial charge in [0.1, 0.15) is 17.0 Å². The number of benzene rings is 1. The minimum atomic E-state index is -0.291. The van der Waals surface area contributed by atoms with Gasteiger partial charge in [0.15, 0.2) is 11.5 Å². The molecule has 30 heavy (non-hydrogen) atoms. The van der Waals surface area contributed by atoms with E-state index in [1.807, 2.05) is 22.2 Å². The van der Waals surface area contributed by atoms with Crippen LogP contribution in [0.15, 0.2) is 24.5 Å². The van der Waals surface area contributed by atoms with Crippen LogP contribution in [0.1, 0.15) is 47.0 Å². The van der Waals surface area contributed by atoms with Gasteiger partial charge in [0.05, 0.1) is 5.39 Å². The Bertz CT molecular complexity index is 1260. The highest BCUT2D eigenvalue weighted by atomic mass is 35.5. The summed E-state index contributed by atoms with van der Waals surface area (Å²) in [6.07, 6.45) is 7.35. The molecular weight excluding hydrogens is 421 g/mol. The smallest absolute Gasteiger partial charge is 0.167 e. The topological polar surface area (TPSA) is 46.3 Å². The van der Waals surface area contributed by atoms with Crippen molar-refractivity contribution in [1.82, 2.24) is 24.5 Å². The molecule has 5 nitrogen and oxygen atoms in total. The van der Waals surface area contributed by atoms with Gasteiger partial charge in [-0.05, 0) is 68.5 Å². The maximum atomic E-state index is 13.3. The quantitative estimate of drug-likeness (QED) is 0.449. The van der Waals surface area contributed by atoms with Crippen LogP contribution in [0.2, 0.25) is 5.02 Å². The molecular formula is C22H21ClFN5S. The van der Waals surface area contributed by atoms with Crippen LogP contribution in [0.5, 0.6) is 0 Å². The van der Waals surface area contributed by atoms with Crippen LogP contribution in [-0.4, -0.2) is 37.6 Å². The summed E-state index contributed by atoms with van der Waals surface area (Å²) >= 11 is 8.02. The van der Waals surface area contributed by atoms with Gasteiger partial charge in [-0.2, -0.15) is 0 Å². The van der Waals surface area contributed by atoms with Crippen molar-refractivity contribution in [2.45, 2.75) is 44.6 Å². The van der Waals surface area contributed by atoms with Crippen molar-refractivity contribution < 1.29 is 4.39 Å². The summed E-state index contributed by atoms with van der Waals surface area (Å²) in [7, 11) is 0. The number of aromatic nitrogens is 4. The Morgan fingerprint density at radius 3 is 2.90 bits per heavy atom. The van der Waals surface area contributed by atoms with Gasteiger partial charge in [0.2, 0.25) is 0 Å². The van der Waals surface area contributed by atoms with Crippen LogP contribution in [0.4, 0.5) is 4.39 Å². The molecule has 6 rings (SSSR count). The monoisotopic (exact) mass is 441 g/mol. The van der Waals surface area contributed by atoms with E-state index in [9.17, 15) is 4.39 Å². The van der Waals surface area contributed by atoms with Crippen LogP contribution in [-0.2, 0) is 19.4 Å². The SMILES string of the molecule is Fc1ccc(CN2CCC(c3nc4c5c6c(sc5ncn4n3)CCC6)CC2)c(Cl)c1. The number of likely N-dealkylation sites (tertiary alicyclic amines) is 1. The summed E-state index contributed by atoms with van der Waals surface area (Å²) in [5, 5.41) is 6.51. The third-order valence-corrected chi connectivity index (χ3v) is 7.97. The molecule has 0 amide bonds. The first-order valence-electron chi connectivity index (χ1n) is 10.5. The number of piperidine rings is 1. The molecule has 1 aliphatic heterocycles. The minimum Gasteiger partial charge on any atom is -0.299 e. The largest absolute Gasteiger partial charge is 0.299 e. The van der Waals surface area contributed by atoms with Crippen molar-refractivity contribution in [3.05, 3.63) is 57.2 Å². The van der Waals surface area contributed by atoms with Crippen LogP contribution in [0, 0.1) is 5.82 Å². The van der Waals surface area contributed by atoms with E-state index in [0.717, 1.165) is 60.8 Å². The molecule has 0 spiro atoms. The molecule has 154 valence electrons. The molecule has 0 N–H and O–H groups in total. The Morgan fingerprint density at radius 2 is 2.07 bits per heavy atom. The number of aryl methyl sites for hydroxylation is 2. The maximum Gasteiger partial charge on any atom is 0.167 e. The molecule has 4 heterocycles. The number of hydrogen-bond acceptors (Lipinski definition) is 5. The van der Waals surface area contributed by atoms with Crippen molar-refractivity contribution in [3.8, 4) is 0 Å². The Labute approximate surface area is 182 Å². The summed E-state index contributed by atoms with van der Waals surface area (Å²) in [6, 6.07) is 4.65. The standard InChI is InChI=1S/C22H21ClFN5S/c23-17-10-15(24)5-4-14(17)11-28-8-6-13(7-9-28)20-26-21-19-16-2-1-3-18(16)30-22(19)25-12-29(21)27-20/h4-5,10,12-13H,1-3,6-9,11H2. The normalized spacial score (nSPS) is 17.9. The van der Waals surface area contributed by atoms with E-state index in [1.54, 1.807) is 6.07 Å². The van der Waals surface area contributed by atoms with E-state index in [0.29, 0.717) is 10.9 Å². The number of rotatable bonds is 3. The zero-order valence-corrected chi connectivity index (χ0v) is 18.0. The summed E-state index contributed by atoms with van der Waals surface area (Å²) in [4.78, 5) is 14.6. The lowest BCUT2D eigenvalue weighted by Crippen LogP contribution is -2.32. The van der Waals surface area contributed by atoms with Crippen molar-refractivity contribution in [3.63, 3.8) is 0 Å². The van der Waals surface area contributed by atoms with Gasteiger partial charge in [-0.3, -0.25) is 4.90 Å². The van der Waals surface area contributed by atoms with Crippen molar-refractivity contribution >= 4 is 38.8 Å². The maximum absolute atomic E-state index is 13.3. The second-order valence-electron chi connectivity index (χ2n) is 8.31. The molecule has 1 saturated heterocycles. The molecule has 4 aromatic rings. The van der Waals surface area contributed by atoms with Gasteiger partial charge in [-0.1, -0.05) is 17.7 Å². The zero-order valence-electron chi connectivity index (χ0n) is 16.4. The first kappa shape index (κ1) is 18.7. The lowest BCUT2D eigenvalue weighted by Gasteiger charge is -2.30. The number of fused-ring (bicyclic) bond motifs is 5. The highest BCUT2D eigenvalue weighted by Gasteiger charge is 2.26. The second kappa shape index (κ2) is 7.25. The third-order valence-electron chi connectivity index (χ3n) is 6.42. The first-order chi connectivity index (χ1) is 14.7. The van der Waals surface area contributed by atoms with Crippen molar-refractivity contribution in [2.24, 2.45) is 0 Å². The molecule has 1 fully saturated rings. The van der Waals surface area contributed by atoms with Gasteiger partial charge in [-0.15, -0.1) is 16.4 Å². The predicted octanol–water partition coefficient (Wildman–Crippen LogP) is 5.00. The second-order valence-corrected chi connectivity index (χ2v) is 9.80. The Morgan fingerprint density at radius 1 is 1.20 bits per heavy atom. The number of halogens is 2. The lowest BCUT2D eigenvalue weighted by molar-refractivity contribution is 0.202. The van der Waals surface area contributed by atoms with Gasteiger partial charge in [-0.25, -0.2) is 18.9 Å². The summed E-state index contributed by atoms with van der Waals surface area (Å²) in [6.45, 7) is 2.65. The first-order valence-corrected chi connectivity index (χ1v) is 11.7. The zero-order chi connectivity index (χ0) is 20.2. The van der Waals surface area contributed by atoms with Gasteiger partial charge < -0.3 is 0 Å². The van der Waals surface area contributed by atoms with Crippen LogP contribution < -0.4 is 0 Å². The molecule has 0 atom stereocenters. The van der Waals surface area contributed by atoms with Crippen LogP contribution in [0.3, 0.4) is 0 Å². The molecule has 3 aromatic heterocycles. The van der Waals surface area contributed by atoms with E-state index >= 15 is 0 Å². The summed E-state index contributed by atoms with van der Waals surface area (Å²) in [5.74, 6) is 0.994. The van der Waals surface area contributed by atoms with E-state index in [2.05, 4.69) is 9.88 Å². The minimum absolute atomic E-state index is 0.291. The number of nitrogens with zero attached hydrogens (tertiary/aromatic N) is 5. The van der Waals surface area contributed by atoms with Gasteiger partial charge in [0.25, 0.3) is 0 Å². The van der Waals surface area contributed by atoms with E-state index in [1.165, 1.54) is 40.8 Å². The number of thiophene rings is 1. The molecule has 0 unspecified atom stereocenters. The molecule has 1 aromatic carbocycles. The summed E-state index contributed by atoms with van der Waals surface area (Å²) in [5.41, 5.74) is 3.38. The van der Waals surface area contributed by atoms with Gasteiger partial charge in [0, 0.05) is 22.4 Å². The van der Waals surface area contributed by atoms with E-state index in [4.69, 9.17) is 21.7 Å². The van der Waals surface area contributed by atoms with E-state index in [-0.39, 0.29) is 5.82 Å². The predicted molar refractivity (Wildman–Crippen MR) is 117 cm³/mol. The third kappa shape index (κ3) is 3.11. The Balaban J connectivity index is 1.22. The Kier molecular flexibility index (Phi) is 4.51. The molecule has 1 aliphatic carbocycles. The van der Waals surface area contributed by atoms with Crippen LogP contribution in [0.25, 0.3) is 15.9 Å². The number of hydrogen-bond donors (Lipinski definition) is 0. The highest BCUT2D eigenvalue weighted by Crippen LogP contribution is 2.38. The fourth-order valence-electron chi connectivity index (χ4n) is 4.82. The lowest BCUT2D eigenvalue weighted by atomic mass is 9.96. The average molecular weight is 442 g/mol. The van der Waals surface area contributed by atoms with Crippen LogP contribution >= 0.6 is 22.9 Å². The summed E-state index contributed by atoms with van der Waals surface area (Å²) < 4.78 is 15.2. The molecule has 0 saturated carbocycles. The van der Waals surface area contributed by atoms with Gasteiger partial charge >= 0.3 is 0 Å². The van der Waals surface area contributed by atoms with Crippen molar-refractivity contribution in [1.29, 1.82) is 0 Å². The fraction of sp³-hybridized carbons (Fsp3) is 0.409. The molecule has 8 heteroatoms. The highest BCUT2D eigenvalue weighted by molar-refractivity contribution is 7.19.